The molecule has 1 aromatic rings. The quantitative estimate of drug-likeness (QED) is 0.773. The maximum atomic E-state index is 12.1. The van der Waals surface area contributed by atoms with E-state index in [0.717, 1.165) is 25.7 Å². The summed E-state index contributed by atoms with van der Waals surface area (Å²) in [6.45, 7) is 2.88. The smallest absolute Gasteiger partial charge is 0.270 e. The van der Waals surface area contributed by atoms with Crippen LogP contribution in [0.15, 0.2) is 12.1 Å². The average Bonchev–Trinajstić information content (AvgIpc) is 2.77. The summed E-state index contributed by atoms with van der Waals surface area (Å²) >= 11 is 0. The predicted octanol–water partition coefficient (Wildman–Crippen LogP) is 1.84. The van der Waals surface area contributed by atoms with E-state index in [1.165, 1.54) is 6.42 Å². The first kappa shape index (κ1) is 10.9. The minimum atomic E-state index is 0.000278. The molecule has 1 aliphatic heterocycles. The number of amides is 1. The van der Waals surface area contributed by atoms with Gasteiger partial charge in [-0.25, -0.2) is 0 Å². The summed E-state index contributed by atoms with van der Waals surface area (Å²) in [5.41, 5.74) is 0.962. The number of aldehydes is 1. The molecular formula is C12H16N2O2. The van der Waals surface area contributed by atoms with Crippen LogP contribution < -0.4 is 0 Å². The van der Waals surface area contributed by atoms with Crippen LogP contribution in [0.3, 0.4) is 0 Å². The third kappa shape index (κ3) is 2.01. The van der Waals surface area contributed by atoms with Crippen molar-refractivity contribution in [3.8, 4) is 0 Å². The number of aromatic amines is 1. The number of carbonyl (C=O) groups is 2. The molecule has 86 valence electrons. The molecule has 0 spiro atoms. The Morgan fingerprint density at radius 2 is 2.31 bits per heavy atom. The van der Waals surface area contributed by atoms with Gasteiger partial charge < -0.3 is 9.88 Å². The Morgan fingerprint density at radius 3 is 2.94 bits per heavy atom. The number of likely N-dealkylation sites (tertiary alicyclic amines) is 1. The molecule has 1 fully saturated rings. The highest BCUT2D eigenvalue weighted by atomic mass is 16.2. The molecule has 0 radical (unpaired) electrons. The Hall–Kier alpha value is -1.58. The van der Waals surface area contributed by atoms with Crippen molar-refractivity contribution in [3.05, 3.63) is 23.5 Å². The van der Waals surface area contributed by atoms with Crippen LogP contribution in [0.1, 0.15) is 47.2 Å². The number of carbonyl (C=O) groups excluding carboxylic acids is 2. The van der Waals surface area contributed by atoms with E-state index in [-0.39, 0.29) is 5.91 Å². The zero-order valence-electron chi connectivity index (χ0n) is 9.40. The molecule has 2 heterocycles. The van der Waals surface area contributed by atoms with E-state index in [4.69, 9.17) is 0 Å². The van der Waals surface area contributed by atoms with Gasteiger partial charge in [0, 0.05) is 12.6 Å². The summed E-state index contributed by atoms with van der Waals surface area (Å²) in [6.07, 6.45) is 4.04. The fourth-order valence-corrected chi connectivity index (χ4v) is 2.16. The third-order valence-electron chi connectivity index (χ3n) is 3.13. The minimum Gasteiger partial charge on any atom is -0.348 e. The van der Waals surface area contributed by atoms with E-state index >= 15 is 0 Å². The zero-order valence-corrected chi connectivity index (χ0v) is 9.40. The summed E-state index contributed by atoms with van der Waals surface area (Å²) < 4.78 is 0. The van der Waals surface area contributed by atoms with Crippen molar-refractivity contribution in [1.82, 2.24) is 9.88 Å². The molecule has 0 aromatic carbocycles. The van der Waals surface area contributed by atoms with Gasteiger partial charge >= 0.3 is 0 Å². The van der Waals surface area contributed by atoms with Crippen LogP contribution in [0.25, 0.3) is 0 Å². The second kappa shape index (κ2) is 4.51. The van der Waals surface area contributed by atoms with Gasteiger partial charge in [0.2, 0.25) is 0 Å². The molecule has 16 heavy (non-hydrogen) atoms. The van der Waals surface area contributed by atoms with Gasteiger partial charge in [0.1, 0.15) is 5.69 Å². The van der Waals surface area contributed by atoms with Crippen molar-refractivity contribution in [1.29, 1.82) is 0 Å². The van der Waals surface area contributed by atoms with Crippen molar-refractivity contribution in [2.24, 2.45) is 0 Å². The fourth-order valence-electron chi connectivity index (χ4n) is 2.16. The minimum absolute atomic E-state index is 0.000278. The summed E-state index contributed by atoms with van der Waals surface area (Å²) in [6, 6.07) is 3.60. The number of piperidine rings is 1. The third-order valence-corrected chi connectivity index (χ3v) is 3.13. The second-order valence-electron chi connectivity index (χ2n) is 4.29. The molecule has 4 nitrogen and oxygen atoms in total. The Bertz CT molecular complexity index is 397. The van der Waals surface area contributed by atoms with Gasteiger partial charge in [-0.15, -0.1) is 0 Å². The molecule has 0 saturated carbocycles. The molecule has 1 amide bonds. The molecule has 4 heteroatoms. The maximum absolute atomic E-state index is 12.1. The van der Waals surface area contributed by atoms with E-state index in [9.17, 15) is 9.59 Å². The molecule has 1 N–H and O–H groups in total. The molecule has 0 aliphatic carbocycles. The number of nitrogens with zero attached hydrogens (tertiary/aromatic N) is 1. The summed E-state index contributed by atoms with van der Waals surface area (Å²) in [5.74, 6) is 0.000278. The molecule has 2 rings (SSSR count). The van der Waals surface area contributed by atoms with Crippen LogP contribution in [0.4, 0.5) is 0 Å². The van der Waals surface area contributed by atoms with Gasteiger partial charge in [-0.2, -0.15) is 0 Å². The van der Waals surface area contributed by atoms with Crippen LogP contribution in [-0.2, 0) is 0 Å². The number of aromatic nitrogens is 1. The largest absolute Gasteiger partial charge is 0.348 e. The lowest BCUT2D eigenvalue weighted by Gasteiger charge is -2.33. The van der Waals surface area contributed by atoms with Crippen molar-refractivity contribution < 1.29 is 9.59 Å². The number of hydrogen-bond donors (Lipinski definition) is 1. The lowest BCUT2D eigenvalue weighted by atomic mass is 10.0. The molecule has 1 saturated heterocycles. The molecule has 1 atom stereocenters. The van der Waals surface area contributed by atoms with Crippen LogP contribution in [-0.4, -0.2) is 34.7 Å². The highest BCUT2D eigenvalue weighted by molar-refractivity contribution is 5.93. The van der Waals surface area contributed by atoms with Gasteiger partial charge in [0.25, 0.3) is 5.91 Å². The molecular weight excluding hydrogens is 204 g/mol. The van der Waals surface area contributed by atoms with Gasteiger partial charge in [-0.3, -0.25) is 9.59 Å². The lowest BCUT2D eigenvalue weighted by molar-refractivity contribution is 0.0630. The highest BCUT2D eigenvalue weighted by Crippen LogP contribution is 2.18. The SMILES string of the molecule is CC1CCCCN1C(=O)c1ccc(C=O)[nH]1. The van der Waals surface area contributed by atoms with Crippen molar-refractivity contribution in [2.75, 3.05) is 6.54 Å². The van der Waals surface area contributed by atoms with E-state index < -0.39 is 0 Å². The topological polar surface area (TPSA) is 53.2 Å². The summed E-state index contributed by atoms with van der Waals surface area (Å²) in [4.78, 5) is 27.3. The van der Waals surface area contributed by atoms with E-state index in [2.05, 4.69) is 11.9 Å². The van der Waals surface area contributed by atoms with Crippen LogP contribution in [0.5, 0.6) is 0 Å². The Balaban J connectivity index is 2.14. The normalized spacial score (nSPS) is 20.8. The maximum Gasteiger partial charge on any atom is 0.270 e. The van der Waals surface area contributed by atoms with Crippen molar-refractivity contribution in [2.45, 2.75) is 32.2 Å². The first-order chi connectivity index (χ1) is 7.72. The van der Waals surface area contributed by atoms with Crippen LogP contribution in [0, 0.1) is 0 Å². The van der Waals surface area contributed by atoms with E-state index in [1.54, 1.807) is 12.1 Å². The second-order valence-corrected chi connectivity index (χ2v) is 4.29. The number of H-pyrrole nitrogens is 1. The molecule has 1 unspecified atom stereocenters. The van der Waals surface area contributed by atoms with E-state index in [0.29, 0.717) is 17.4 Å². The number of nitrogens with one attached hydrogen (secondary N) is 1. The van der Waals surface area contributed by atoms with Crippen molar-refractivity contribution in [3.63, 3.8) is 0 Å². The summed E-state index contributed by atoms with van der Waals surface area (Å²) in [7, 11) is 0. The predicted molar refractivity (Wildman–Crippen MR) is 60.5 cm³/mol. The number of hydrogen-bond acceptors (Lipinski definition) is 2. The van der Waals surface area contributed by atoms with Gasteiger partial charge in [0.05, 0.1) is 5.69 Å². The van der Waals surface area contributed by atoms with Gasteiger partial charge in [-0.1, -0.05) is 0 Å². The Morgan fingerprint density at radius 1 is 1.50 bits per heavy atom. The standard InChI is InChI=1S/C12H16N2O2/c1-9-4-2-3-7-14(9)12(16)11-6-5-10(8-15)13-11/h5-6,8-9,13H,2-4,7H2,1H3. The zero-order chi connectivity index (χ0) is 11.5. The number of rotatable bonds is 2. The van der Waals surface area contributed by atoms with Crippen LogP contribution in [0.2, 0.25) is 0 Å². The highest BCUT2D eigenvalue weighted by Gasteiger charge is 2.24. The lowest BCUT2D eigenvalue weighted by Crippen LogP contribution is -2.42. The fraction of sp³-hybridized carbons (Fsp3) is 0.500. The summed E-state index contributed by atoms with van der Waals surface area (Å²) in [5, 5.41) is 0. The Kier molecular flexibility index (Phi) is 3.08. The van der Waals surface area contributed by atoms with Crippen molar-refractivity contribution >= 4 is 12.2 Å². The Labute approximate surface area is 94.6 Å². The van der Waals surface area contributed by atoms with Crippen LogP contribution >= 0.6 is 0 Å². The monoisotopic (exact) mass is 220 g/mol. The van der Waals surface area contributed by atoms with Gasteiger partial charge in [0.15, 0.2) is 6.29 Å². The van der Waals surface area contributed by atoms with Gasteiger partial charge in [-0.05, 0) is 38.3 Å². The average molecular weight is 220 g/mol. The molecule has 0 bridgehead atoms. The van der Waals surface area contributed by atoms with E-state index in [1.807, 2.05) is 4.90 Å². The molecule has 1 aromatic heterocycles. The first-order valence-electron chi connectivity index (χ1n) is 5.67. The molecule has 1 aliphatic rings. The first-order valence-corrected chi connectivity index (χ1v) is 5.67.